The Bertz CT molecular complexity index is 1760. The minimum atomic E-state index is -2.56. The lowest BCUT2D eigenvalue weighted by Gasteiger charge is -2.20. The fourth-order valence-corrected chi connectivity index (χ4v) is 5.55. The van der Waals surface area contributed by atoms with E-state index in [1.807, 2.05) is 60.7 Å². The van der Waals surface area contributed by atoms with E-state index >= 15 is 0 Å². The molecule has 1 heterocycles. The largest absolute Gasteiger partial charge is 0.494 e. The molecule has 4 aromatic rings. The molecule has 1 unspecified atom stereocenters. The maximum atomic E-state index is 13.2. The highest BCUT2D eigenvalue weighted by Gasteiger charge is 2.23. The fraction of sp³-hybridized carbons (Fsp3) is 0.359. The molecule has 0 aliphatic carbocycles. The molecule has 4 rings (SSSR count). The van der Waals surface area contributed by atoms with Gasteiger partial charge in [0, 0.05) is 35.5 Å². The molecule has 0 saturated heterocycles. The number of carbonyl (C=O) groups is 3. The minimum Gasteiger partial charge on any atom is -0.494 e. The molecule has 0 radical (unpaired) electrons. The Morgan fingerprint density at radius 1 is 0.824 bits per heavy atom. The molecule has 0 bridgehead atoms. The van der Waals surface area contributed by atoms with E-state index in [-0.39, 0.29) is 11.8 Å². The SMILES string of the molecule is CCCCCCCOc1ccc(-c2cnc(-c3ccc(C[C@H](NC(=O)c4ccc(C(C)(C)C)cc4)C(=O)NCC(=O)NS(=O)O)cc3)nc2)cc1. The highest BCUT2D eigenvalue weighted by molar-refractivity contribution is 7.77. The Morgan fingerprint density at radius 2 is 1.45 bits per heavy atom. The first kappa shape index (κ1) is 38.9. The van der Waals surface area contributed by atoms with E-state index in [2.05, 4.69) is 48.3 Å². The van der Waals surface area contributed by atoms with Crippen LogP contribution in [-0.4, -0.2) is 55.6 Å². The van der Waals surface area contributed by atoms with Crippen molar-refractivity contribution in [2.75, 3.05) is 13.2 Å². The number of rotatable bonds is 17. The van der Waals surface area contributed by atoms with Gasteiger partial charge < -0.3 is 15.4 Å². The van der Waals surface area contributed by atoms with Crippen molar-refractivity contribution < 1.29 is 27.9 Å². The molecule has 1 aromatic heterocycles. The summed E-state index contributed by atoms with van der Waals surface area (Å²) in [6.45, 7) is 8.60. The first-order valence-corrected chi connectivity index (χ1v) is 18.3. The second-order valence-corrected chi connectivity index (χ2v) is 14.0. The van der Waals surface area contributed by atoms with Crippen LogP contribution in [0, 0.1) is 0 Å². The van der Waals surface area contributed by atoms with Crippen molar-refractivity contribution in [3.05, 3.63) is 102 Å². The predicted octanol–water partition coefficient (Wildman–Crippen LogP) is 6.17. The van der Waals surface area contributed by atoms with Crippen LogP contribution in [0.1, 0.15) is 81.3 Å². The van der Waals surface area contributed by atoms with Crippen molar-refractivity contribution in [1.82, 2.24) is 25.3 Å². The van der Waals surface area contributed by atoms with Crippen molar-refractivity contribution in [2.24, 2.45) is 0 Å². The molecule has 11 nitrogen and oxygen atoms in total. The number of hydrogen-bond donors (Lipinski definition) is 4. The lowest BCUT2D eigenvalue weighted by molar-refractivity contribution is -0.126. The van der Waals surface area contributed by atoms with Gasteiger partial charge in [0.1, 0.15) is 11.8 Å². The van der Waals surface area contributed by atoms with Crippen LogP contribution in [0.3, 0.4) is 0 Å². The highest BCUT2D eigenvalue weighted by Crippen LogP contribution is 2.24. The molecule has 270 valence electrons. The average molecular weight is 714 g/mol. The molecule has 0 spiro atoms. The van der Waals surface area contributed by atoms with E-state index in [1.54, 1.807) is 29.2 Å². The van der Waals surface area contributed by atoms with Crippen LogP contribution < -0.4 is 20.1 Å². The zero-order chi connectivity index (χ0) is 36.8. The Kier molecular flexibility index (Phi) is 14.4. The first-order chi connectivity index (χ1) is 24.4. The summed E-state index contributed by atoms with van der Waals surface area (Å²) >= 11 is -2.56. The maximum Gasteiger partial charge on any atom is 0.261 e. The van der Waals surface area contributed by atoms with Gasteiger partial charge in [0.05, 0.1) is 13.2 Å². The lowest BCUT2D eigenvalue weighted by Crippen LogP contribution is -2.50. The van der Waals surface area contributed by atoms with E-state index in [0.717, 1.165) is 40.0 Å². The third kappa shape index (κ3) is 12.4. The van der Waals surface area contributed by atoms with Crippen molar-refractivity contribution >= 4 is 29.0 Å². The number of amides is 3. The fourth-order valence-electron chi connectivity index (χ4n) is 5.29. The van der Waals surface area contributed by atoms with Crippen molar-refractivity contribution in [3.8, 4) is 28.3 Å². The van der Waals surface area contributed by atoms with Crippen LogP contribution >= 0.6 is 0 Å². The Balaban J connectivity index is 1.40. The number of benzene rings is 3. The van der Waals surface area contributed by atoms with Crippen LogP contribution in [0.2, 0.25) is 0 Å². The number of nitrogens with one attached hydrogen (secondary N) is 3. The third-order valence-electron chi connectivity index (χ3n) is 8.27. The number of aromatic nitrogens is 2. The summed E-state index contributed by atoms with van der Waals surface area (Å²) < 4.78 is 27.5. The van der Waals surface area contributed by atoms with Gasteiger partial charge in [0.15, 0.2) is 5.82 Å². The van der Waals surface area contributed by atoms with Crippen molar-refractivity contribution in [2.45, 2.75) is 77.7 Å². The molecule has 4 N–H and O–H groups in total. The van der Waals surface area contributed by atoms with Gasteiger partial charge in [0.25, 0.3) is 23.1 Å². The molecule has 0 aliphatic heterocycles. The summed E-state index contributed by atoms with van der Waals surface area (Å²) in [5, 5.41) is 5.20. The Hall–Kier alpha value is -4.94. The second kappa shape index (κ2) is 18.9. The quantitative estimate of drug-likeness (QED) is 0.0747. The Morgan fingerprint density at radius 3 is 2.06 bits per heavy atom. The predicted molar refractivity (Wildman–Crippen MR) is 199 cm³/mol. The second-order valence-electron chi connectivity index (χ2n) is 13.3. The third-order valence-corrected chi connectivity index (χ3v) is 8.67. The Labute approximate surface area is 302 Å². The zero-order valence-corrected chi connectivity index (χ0v) is 30.4. The summed E-state index contributed by atoms with van der Waals surface area (Å²) in [7, 11) is 0. The van der Waals surface area contributed by atoms with E-state index in [0.29, 0.717) is 18.0 Å². The lowest BCUT2D eigenvalue weighted by atomic mass is 9.86. The normalized spacial score (nSPS) is 12.4. The molecule has 2 atom stereocenters. The van der Waals surface area contributed by atoms with Crippen LogP contribution in [0.15, 0.2) is 85.2 Å². The molecular weight excluding hydrogens is 667 g/mol. The van der Waals surface area contributed by atoms with Gasteiger partial charge in [-0.25, -0.2) is 14.2 Å². The molecule has 0 saturated carbocycles. The number of nitrogens with zero attached hydrogens (tertiary/aromatic N) is 2. The van der Waals surface area contributed by atoms with Gasteiger partial charge in [0.2, 0.25) is 5.91 Å². The molecule has 0 aliphatic rings. The molecule has 12 heteroatoms. The van der Waals surface area contributed by atoms with E-state index in [1.165, 1.54) is 25.7 Å². The summed E-state index contributed by atoms with van der Waals surface area (Å²) in [4.78, 5) is 47.4. The molecule has 3 amide bonds. The topological polar surface area (TPSA) is 160 Å². The smallest absolute Gasteiger partial charge is 0.261 e. The van der Waals surface area contributed by atoms with Gasteiger partial charge in [-0.3, -0.25) is 23.7 Å². The standard InChI is InChI=1S/C39H47N5O6S/c1-5-6-7-8-9-22-50-33-20-16-28(17-21-33)31-24-40-36(41-25-31)29-12-10-27(11-13-29)23-34(38(47)42-26-35(45)44-51(48)49)43-37(46)30-14-18-32(19-15-30)39(2,3)4/h10-21,24-25,34H,5-9,22-23,26H2,1-4H3,(H,42,47)(H,43,46)(H,44,45)(H,48,49)/t34-/m0/s1. The highest BCUT2D eigenvalue weighted by atomic mass is 32.2. The van der Waals surface area contributed by atoms with Gasteiger partial charge in [-0.05, 0) is 52.8 Å². The summed E-state index contributed by atoms with van der Waals surface area (Å²) in [6, 6.07) is 21.3. The van der Waals surface area contributed by atoms with E-state index in [4.69, 9.17) is 9.29 Å². The van der Waals surface area contributed by atoms with Crippen LogP contribution in [-0.2, 0) is 32.7 Å². The summed E-state index contributed by atoms with van der Waals surface area (Å²) in [5.41, 5.74) is 4.70. The maximum absolute atomic E-state index is 13.2. The van der Waals surface area contributed by atoms with Crippen LogP contribution in [0.25, 0.3) is 22.5 Å². The van der Waals surface area contributed by atoms with Crippen molar-refractivity contribution in [3.63, 3.8) is 0 Å². The molecule has 0 fully saturated rings. The molecule has 51 heavy (non-hydrogen) atoms. The van der Waals surface area contributed by atoms with Gasteiger partial charge >= 0.3 is 0 Å². The summed E-state index contributed by atoms with van der Waals surface area (Å²) in [6.07, 6.45) is 9.62. The van der Waals surface area contributed by atoms with Crippen LogP contribution in [0.5, 0.6) is 5.75 Å². The zero-order valence-electron chi connectivity index (χ0n) is 29.6. The number of unbranched alkanes of at least 4 members (excludes halogenated alkanes) is 4. The minimum absolute atomic E-state index is 0.0931. The number of carbonyl (C=O) groups excluding carboxylic acids is 3. The number of ether oxygens (including phenoxy) is 1. The van der Waals surface area contributed by atoms with Gasteiger partial charge in [-0.1, -0.05) is 102 Å². The molecule has 3 aromatic carbocycles. The van der Waals surface area contributed by atoms with Gasteiger partial charge in [-0.2, -0.15) is 0 Å². The molecular formula is C39H47N5O6S. The van der Waals surface area contributed by atoms with Crippen molar-refractivity contribution in [1.29, 1.82) is 0 Å². The monoisotopic (exact) mass is 713 g/mol. The number of hydrogen-bond acceptors (Lipinski definition) is 7. The van der Waals surface area contributed by atoms with Gasteiger partial charge in [-0.15, -0.1) is 0 Å². The first-order valence-electron chi connectivity index (χ1n) is 17.2. The average Bonchev–Trinajstić information content (AvgIpc) is 3.12. The van der Waals surface area contributed by atoms with E-state index in [9.17, 15) is 18.6 Å². The van der Waals surface area contributed by atoms with E-state index < -0.39 is 41.6 Å². The summed E-state index contributed by atoms with van der Waals surface area (Å²) in [5.74, 6) is -0.565. The van der Waals surface area contributed by atoms with Crippen LogP contribution in [0.4, 0.5) is 0 Å².